The molecule has 0 spiro atoms. The highest BCUT2D eigenvalue weighted by molar-refractivity contribution is 14.1. The third kappa shape index (κ3) is 5.18. The lowest BCUT2D eigenvalue weighted by molar-refractivity contribution is -0.117. The van der Waals surface area contributed by atoms with E-state index in [0.717, 1.165) is 15.4 Å². The molecule has 0 unspecified atom stereocenters. The van der Waals surface area contributed by atoms with Crippen molar-refractivity contribution in [3.63, 3.8) is 0 Å². The molecule has 0 saturated carbocycles. The number of anilines is 2. The van der Waals surface area contributed by atoms with Crippen LogP contribution in [0.1, 0.15) is 18.9 Å². The van der Waals surface area contributed by atoms with Crippen molar-refractivity contribution in [3.05, 3.63) is 57.7 Å². The van der Waals surface area contributed by atoms with Crippen LogP contribution in [0.15, 0.2) is 48.5 Å². The Morgan fingerprint density at radius 2 is 1.68 bits per heavy atom. The maximum atomic E-state index is 12.7. The zero-order chi connectivity index (χ0) is 18.6. The van der Waals surface area contributed by atoms with Crippen molar-refractivity contribution in [2.45, 2.75) is 26.3 Å². The van der Waals surface area contributed by atoms with Crippen molar-refractivity contribution in [1.82, 2.24) is 0 Å². The SMILES string of the molecule is CC[C@H](C(=O)Nc1ccc(I)cc1)N(c1ccc(C)cc1)S(C)(=O)=O. The van der Waals surface area contributed by atoms with Gasteiger partial charge in [-0.15, -0.1) is 0 Å². The number of aryl methyl sites for hydroxylation is 1. The van der Waals surface area contributed by atoms with Gasteiger partial charge >= 0.3 is 0 Å². The zero-order valence-corrected chi connectivity index (χ0v) is 17.3. The van der Waals surface area contributed by atoms with Crippen LogP contribution in [0.4, 0.5) is 11.4 Å². The monoisotopic (exact) mass is 472 g/mol. The van der Waals surface area contributed by atoms with Gasteiger partial charge in [0.25, 0.3) is 0 Å². The first-order chi connectivity index (χ1) is 11.7. The van der Waals surface area contributed by atoms with E-state index in [2.05, 4.69) is 27.9 Å². The van der Waals surface area contributed by atoms with Crippen LogP contribution in [0.2, 0.25) is 0 Å². The van der Waals surface area contributed by atoms with E-state index >= 15 is 0 Å². The minimum atomic E-state index is -3.61. The Hall–Kier alpha value is -1.61. The molecule has 2 rings (SSSR count). The summed E-state index contributed by atoms with van der Waals surface area (Å²) in [6, 6.07) is 13.6. The van der Waals surface area contributed by atoms with Crippen LogP contribution in [-0.4, -0.2) is 26.6 Å². The molecule has 0 aliphatic heterocycles. The Balaban J connectivity index is 2.34. The van der Waals surface area contributed by atoms with Crippen LogP contribution in [0, 0.1) is 10.5 Å². The molecule has 134 valence electrons. The van der Waals surface area contributed by atoms with Gasteiger partial charge in [0.15, 0.2) is 0 Å². The average Bonchev–Trinajstić information content (AvgIpc) is 2.54. The number of sulfonamides is 1. The minimum absolute atomic E-state index is 0.352. The molecular weight excluding hydrogens is 451 g/mol. The lowest BCUT2D eigenvalue weighted by Crippen LogP contribution is -2.47. The van der Waals surface area contributed by atoms with E-state index in [4.69, 9.17) is 0 Å². The molecule has 0 aromatic heterocycles. The summed E-state index contributed by atoms with van der Waals surface area (Å²) in [7, 11) is -3.61. The lowest BCUT2D eigenvalue weighted by atomic mass is 10.1. The highest BCUT2D eigenvalue weighted by Gasteiger charge is 2.31. The Morgan fingerprint density at radius 1 is 1.12 bits per heavy atom. The molecule has 0 heterocycles. The molecule has 5 nitrogen and oxygen atoms in total. The predicted molar refractivity (Wildman–Crippen MR) is 110 cm³/mol. The normalized spacial score (nSPS) is 12.5. The van der Waals surface area contributed by atoms with Gasteiger partial charge in [-0.25, -0.2) is 8.42 Å². The van der Waals surface area contributed by atoms with Crippen molar-refractivity contribution in [2.24, 2.45) is 0 Å². The second-order valence-electron chi connectivity index (χ2n) is 5.81. The quantitative estimate of drug-likeness (QED) is 0.651. The fraction of sp³-hybridized carbons (Fsp3) is 0.278. The van der Waals surface area contributed by atoms with E-state index in [-0.39, 0.29) is 5.91 Å². The molecule has 1 N–H and O–H groups in total. The van der Waals surface area contributed by atoms with Gasteiger partial charge in [0, 0.05) is 9.26 Å². The molecule has 2 aromatic carbocycles. The molecule has 0 aliphatic carbocycles. The number of hydrogen-bond donors (Lipinski definition) is 1. The highest BCUT2D eigenvalue weighted by atomic mass is 127. The van der Waals surface area contributed by atoms with E-state index < -0.39 is 16.1 Å². The molecule has 1 atom stereocenters. The lowest BCUT2D eigenvalue weighted by Gasteiger charge is -2.30. The fourth-order valence-corrected chi connectivity index (χ4v) is 4.08. The summed E-state index contributed by atoms with van der Waals surface area (Å²) in [5.74, 6) is -0.352. The van der Waals surface area contributed by atoms with Crippen LogP contribution in [0.5, 0.6) is 0 Å². The summed E-state index contributed by atoms with van der Waals surface area (Å²) in [6.07, 6.45) is 1.48. The second-order valence-corrected chi connectivity index (χ2v) is 8.92. The number of hydrogen-bond acceptors (Lipinski definition) is 3. The molecule has 25 heavy (non-hydrogen) atoms. The summed E-state index contributed by atoms with van der Waals surface area (Å²) < 4.78 is 27.0. The first kappa shape index (κ1) is 19.7. The Kier molecular flexibility index (Phi) is 6.45. The Bertz CT molecular complexity index is 834. The Labute approximate surface area is 162 Å². The molecule has 0 saturated heterocycles. The molecule has 1 amide bonds. The summed E-state index contributed by atoms with van der Waals surface area (Å²) in [6.45, 7) is 3.72. The van der Waals surface area contributed by atoms with Gasteiger partial charge in [0.05, 0.1) is 11.9 Å². The highest BCUT2D eigenvalue weighted by Crippen LogP contribution is 2.24. The van der Waals surface area contributed by atoms with E-state index in [0.29, 0.717) is 17.8 Å². The molecular formula is C18H21IN2O3S. The Morgan fingerprint density at radius 3 is 2.16 bits per heavy atom. The van der Waals surface area contributed by atoms with Crippen molar-refractivity contribution in [3.8, 4) is 0 Å². The third-order valence-corrected chi connectivity index (χ3v) is 5.63. The summed E-state index contributed by atoms with van der Waals surface area (Å²) >= 11 is 2.18. The molecule has 0 bridgehead atoms. The molecule has 0 radical (unpaired) electrons. The van der Waals surface area contributed by atoms with Crippen LogP contribution in [-0.2, 0) is 14.8 Å². The van der Waals surface area contributed by atoms with Gasteiger partial charge in [-0.1, -0.05) is 24.6 Å². The van der Waals surface area contributed by atoms with Crippen molar-refractivity contribution < 1.29 is 13.2 Å². The number of benzene rings is 2. The van der Waals surface area contributed by atoms with Crippen LogP contribution in [0.3, 0.4) is 0 Å². The molecule has 0 aliphatic rings. The average molecular weight is 472 g/mol. The van der Waals surface area contributed by atoms with E-state index in [9.17, 15) is 13.2 Å². The summed E-state index contributed by atoms with van der Waals surface area (Å²) in [5.41, 5.74) is 2.15. The van der Waals surface area contributed by atoms with Crippen molar-refractivity contribution >= 4 is 49.9 Å². The summed E-state index contributed by atoms with van der Waals surface area (Å²) in [5, 5.41) is 2.81. The van der Waals surface area contributed by atoms with Gasteiger partial charge in [-0.3, -0.25) is 9.10 Å². The van der Waals surface area contributed by atoms with Gasteiger partial charge < -0.3 is 5.32 Å². The van der Waals surface area contributed by atoms with Crippen LogP contribution >= 0.6 is 22.6 Å². The predicted octanol–water partition coefficient (Wildman–Crippen LogP) is 3.78. The molecule has 0 fully saturated rings. The van der Waals surface area contributed by atoms with Crippen molar-refractivity contribution in [1.29, 1.82) is 0 Å². The third-order valence-electron chi connectivity index (χ3n) is 3.73. The number of nitrogens with zero attached hydrogens (tertiary/aromatic N) is 1. The van der Waals surface area contributed by atoms with Gasteiger partial charge in [0.1, 0.15) is 6.04 Å². The smallest absolute Gasteiger partial charge is 0.248 e. The molecule has 2 aromatic rings. The maximum Gasteiger partial charge on any atom is 0.248 e. The number of rotatable bonds is 6. The van der Waals surface area contributed by atoms with E-state index in [1.165, 1.54) is 4.31 Å². The first-order valence-electron chi connectivity index (χ1n) is 7.85. The van der Waals surface area contributed by atoms with Crippen LogP contribution in [0.25, 0.3) is 0 Å². The standard InChI is InChI=1S/C18H21IN2O3S/c1-4-17(18(22)20-15-9-7-14(19)8-10-15)21(25(3,23)24)16-11-5-13(2)6-12-16/h5-12,17H,4H2,1-3H3,(H,20,22)/t17-/m1/s1. The van der Waals surface area contributed by atoms with Crippen molar-refractivity contribution in [2.75, 3.05) is 15.9 Å². The number of halogens is 1. The topological polar surface area (TPSA) is 66.5 Å². The number of carbonyl (C=O) groups excluding carboxylic acids is 1. The second kappa shape index (κ2) is 8.18. The first-order valence-corrected chi connectivity index (χ1v) is 10.8. The number of amides is 1. The van der Waals surface area contributed by atoms with Gasteiger partial charge in [0.2, 0.25) is 15.9 Å². The van der Waals surface area contributed by atoms with Gasteiger partial charge in [-0.2, -0.15) is 0 Å². The van der Waals surface area contributed by atoms with E-state index in [1.807, 2.05) is 31.2 Å². The molecule has 7 heteroatoms. The maximum absolute atomic E-state index is 12.7. The largest absolute Gasteiger partial charge is 0.324 e. The van der Waals surface area contributed by atoms with Gasteiger partial charge in [-0.05, 0) is 72.3 Å². The zero-order valence-electron chi connectivity index (χ0n) is 14.4. The number of nitrogens with one attached hydrogen (secondary N) is 1. The minimum Gasteiger partial charge on any atom is -0.324 e. The summed E-state index contributed by atoms with van der Waals surface area (Å²) in [4.78, 5) is 12.7. The van der Waals surface area contributed by atoms with E-state index in [1.54, 1.807) is 31.2 Å². The van der Waals surface area contributed by atoms with Crippen LogP contribution < -0.4 is 9.62 Å². The fourth-order valence-electron chi connectivity index (χ4n) is 2.51. The number of carbonyl (C=O) groups is 1.